The van der Waals surface area contributed by atoms with Gasteiger partial charge in [-0.15, -0.1) is 0 Å². The summed E-state index contributed by atoms with van der Waals surface area (Å²) in [4.78, 5) is 26.8. The molecule has 0 spiro atoms. The fraction of sp³-hybridized carbons (Fsp3) is 0.429. The Hall–Kier alpha value is -2.22. The van der Waals surface area contributed by atoms with E-state index in [9.17, 15) is 23.5 Å². The third-order valence-electron chi connectivity index (χ3n) is 3.55. The molecule has 6 nitrogen and oxygen atoms in total. The van der Waals surface area contributed by atoms with E-state index in [1.54, 1.807) is 7.05 Å². The summed E-state index contributed by atoms with van der Waals surface area (Å²) in [5.41, 5.74) is -0.527. The van der Waals surface area contributed by atoms with Crippen molar-refractivity contribution >= 4 is 11.8 Å². The van der Waals surface area contributed by atoms with Crippen LogP contribution in [0.1, 0.15) is 10.4 Å². The monoisotopic (exact) mass is 313 g/mol. The zero-order valence-electron chi connectivity index (χ0n) is 12.1. The number of halogens is 2. The van der Waals surface area contributed by atoms with Gasteiger partial charge in [0, 0.05) is 45.4 Å². The zero-order chi connectivity index (χ0) is 16.3. The maximum atomic E-state index is 13.7. The molecule has 1 aliphatic heterocycles. The van der Waals surface area contributed by atoms with E-state index in [1.807, 2.05) is 4.90 Å². The van der Waals surface area contributed by atoms with Crippen molar-refractivity contribution in [2.24, 2.45) is 0 Å². The van der Waals surface area contributed by atoms with Crippen LogP contribution in [0.3, 0.4) is 0 Å². The van der Waals surface area contributed by atoms with Gasteiger partial charge in [0.2, 0.25) is 5.91 Å². The predicted molar refractivity (Wildman–Crippen MR) is 74.4 cm³/mol. The zero-order valence-corrected chi connectivity index (χ0v) is 12.1. The Labute approximate surface area is 126 Å². The number of phenols is 1. The molecule has 8 heteroatoms. The van der Waals surface area contributed by atoms with Crippen LogP contribution in [0.5, 0.6) is 5.75 Å². The van der Waals surface area contributed by atoms with E-state index < -0.39 is 28.9 Å². The second-order valence-electron chi connectivity index (χ2n) is 5.02. The molecule has 0 saturated carbocycles. The van der Waals surface area contributed by atoms with Gasteiger partial charge in [-0.1, -0.05) is 0 Å². The number of amides is 2. The fourth-order valence-electron chi connectivity index (χ4n) is 2.32. The van der Waals surface area contributed by atoms with E-state index in [4.69, 9.17) is 0 Å². The number of aromatic hydroxyl groups is 1. The molecule has 0 atom stereocenters. The van der Waals surface area contributed by atoms with Gasteiger partial charge < -0.3 is 15.3 Å². The minimum Gasteiger partial charge on any atom is -0.507 e. The highest BCUT2D eigenvalue weighted by Gasteiger charge is 2.27. The SMILES string of the molecule is CNC(=O)CN1CCN(C(=O)c2c(O)cc(F)cc2F)CC1. The van der Waals surface area contributed by atoms with E-state index in [0.717, 1.165) is 0 Å². The average molecular weight is 313 g/mol. The Morgan fingerprint density at radius 3 is 2.41 bits per heavy atom. The van der Waals surface area contributed by atoms with Crippen LogP contribution in [0.15, 0.2) is 12.1 Å². The van der Waals surface area contributed by atoms with E-state index >= 15 is 0 Å². The molecule has 0 unspecified atom stereocenters. The molecule has 2 rings (SSSR count). The lowest BCUT2D eigenvalue weighted by molar-refractivity contribution is -0.122. The van der Waals surface area contributed by atoms with Gasteiger partial charge in [0.25, 0.3) is 5.91 Å². The number of phenolic OH excluding ortho intramolecular Hbond substituents is 1. The molecule has 0 bridgehead atoms. The first-order valence-electron chi connectivity index (χ1n) is 6.82. The van der Waals surface area contributed by atoms with Crippen LogP contribution in [0.2, 0.25) is 0 Å². The summed E-state index contributed by atoms with van der Waals surface area (Å²) in [5, 5.41) is 12.1. The summed E-state index contributed by atoms with van der Waals surface area (Å²) in [6.45, 7) is 1.75. The number of likely N-dealkylation sites (N-methyl/N-ethyl adjacent to an activating group) is 1. The van der Waals surface area contributed by atoms with Gasteiger partial charge >= 0.3 is 0 Å². The third kappa shape index (κ3) is 3.51. The average Bonchev–Trinajstić information content (AvgIpc) is 2.46. The largest absolute Gasteiger partial charge is 0.507 e. The van der Waals surface area contributed by atoms with Crippen LogP contribution >= 0.6 is 0 Å². The van der Waals surface area contributed by atoms with Crippen LogP contribution in [0.25, 0.3) is 0 Å². The van der Waals surface area contributed by atoms with Crippen molar-refractivity contribution in [3.63, 3.8) is 0 Å². The smallest absolute Gasteiger partial charge is 0.260 e. The Balaban J connectivity index is 2.03. The van der Waals surface area contributed by atoms with E-state index in [-0.39, 0.29) is 12.5 Å². The van der Waals surface area contributed by atoms with Gasteiger partial charge in [-0.2, -0.15) is 0 Å². The number of nitrogens with one attached hydrogen (secondary N) is 1. The topological polar surface area (TPSA) is 72.9 Å². The predicted octanol–water partition coefficient (Wildman–Crippen LogP) is 0.174. The Morgan fingerprint density at radius 2 is 1.86 bits per heavy atom. The number of hydrogen-bond donors (Lipinski definition) is 2. The lowest BCUT2D eigenvalue weighted by Gasteiger charge is -2.34. The number of rotatable bonds is 3. The molecular weight excluding hydrogens is 296 g/mol. The number of hydrogen-bond acceptors (Lipinski definition) is 4. The molecular formula is C14H17F2N3O3. The maximum absolute atomic E-state index is 13.7. The first-order valence-corrected chi connectivity index (χ1v) is 6.82. The van der Waals surface area contributed by atoms with E-state index in [0.29, 0.717) is 38.3 Å². The van der Waals surface area contributed by atoms with Crippen molar-refractivity contribution in [3.8, 4) is 5.75 Å². The van der Waals surface area contributed by atoms with Gasteiger partial charge in [0.05, 0.1) is 6.54 Å². The Morgan fingerprint density at radius 1 is 1.23 bits per heavy atom. The van der Waals surface area contributed by atoms with Crippen molar-refractivity contribution in [3.05, 3.63) is 29.3 Å². The van der Waals surface area contributed by atoms with E-state index in [2.05, 4.69) is 5.32 Å². The summed E-state index contributed by atoms with van der Waals surface area (Å²) in [6.07, 6.45) is 0. The summed E-state index contributed by atoms with van der Waals surface area (Å²) < 4.78 is 26.7. The molecule has 2 amide bonds. The molecule has 1 fully saturated rings. The molecule has 1 aromatic carbocycles. The van der Waals surface area contributed by atoms with Crippen molar-refractivity contribution in [1.29, 1.82) is 0 Å². The van der Waals surface area contributed by atoms with E-state index in [1.165, 1.54) is 4.90 Å². The standard InChI is InChI=1S/C14H17F2N3O3/c1-17-12(21)8-18-2-4-19(5-3-18)14(22)13-10(16)6-9(15)7-11(13)20/h6-7,20H,2-5,8H2,1H3,(H,17,21). The second kappa shape index (κ2) is 6.69. The van der Waals surface area contributed by atoms with Crippen LogP contribution in [0, 0.1) is 11.6 Å². The molecule has 120 valence electrons. The summed E-state index contributed by atoms with van der Waals surface area (Å²) in [7, 11) is 1.54. The van der Waals surface area contributed by atoms with Gasteiger partial charge in [0.1, 0.15) is 22.9 Å². The highest BCUT2D eigenvalue weighted by Crippen LogP contribution is 2.24. The minimum atomic E-state index is -1.09. The molecule has 22 heavy (non-hydrogen) atoms. The van der Waals surface area contributed by atoms with Crippen molar-refractivity contribution in [1.82, 2.24) is 15.1 Å². The second-order valence-corrected chi connectivity index (χ2v) is 5.02. The molecule has 1 aliphatic rings. The summed E-state index contributed by atoms with van der Waals surface area (Å²) >= 11 is 0. The highest BCUT2D eigenvalue weighted by atomic mass is 19.1. The lowest BCUT2D eigenvalue weighted by atomic mass is 10.1. The van der Waals surface area contributed by atoms with Crippen LogP contribution in [-0.4, -0.2) is 66.5 Å². The normalized spacial score (nSPS) is 15.7. The van der Waals surface area contributed by atoms with Gasteiger partial charge in [-0.05, 0) is 0 Å². The van der Waals surface area contributed by atoms with Gasteiger partial charge in [-0.3, -0.25) is 14.5 Å². The van der Waals surface area contributed by atoms with Gasteiger partial charge in [-0.25, -0.2) is 8.78 Å². The van der Waals surface area contributed by atoms with Crippen molar-refractivity contribution < 1.29 is 23.5 Å². The number of benzene rings is 1. The number of carbonyl (C=O) groups excluding carboxylic acids is 2. The Bertz CT molecular complexity index is 564. The molecule has 2 N–H and O–H groups in total. The molecule has 0 radical (unpaired) electrons. The minimum absolute atomic E-state index is 0.123. The number of piperazine rings is 1. The van der Waals surface area contributed by atoms with Gasteiger partial charge in [0.15, 0.2) is 0 Å². The number of carbonyl (C=O) groups is 2. The molecule has 1 heterocycles. The molecule has 1 aromatic rings. The first kappa shape index (κ1) is 16.2. The van der Waals surface area contributed by atoms with Crippen LogP contribution in [0.4, 0.5) is 8.78 Å². The van der Waals surface area contributed by atoms with Crippen molar-refractivity contribution in [2.45, 2.75) is 0 Å². The molecule has 0 aromatic heterocycles. The third-order valence-corrected chi connectivity index (χ3v) is 3.55. The number of nitrogens with zero attached hydrogens (tertiary/aromatic N) is 2. The quantitative estimate of drug-likeness (QED) is 0.835. The molecule has 1 saturated heterocycles. The fourth-order valence-corrected chi connectivity index (χ4v) is 2.32. The summed E-state index contributed by atoms with van der Waals surface area (Å²) in [6, 6.07) is 1.27. The Kier molecular flexibility index (Phi) is 4.92. The van der Waals surface area contributed by atoms with Crippen LogP contribution < -0.4 is 5.32 Å². The first-order chi connectivity index (χ1) is 10.4. The van der Waals surface area contributed by atoms with Crippen molar-refractivity contribution in [2.75, 3.05) is 39.8 Å². The maximum Gasteiger partial charge on any atom is 0.260 e. The van der Waals surface area contributed by atoms with Crippen LogP contribution in [-0.2, 0) is 4.79 Å². The summed E-state index contributed by atoms with van der Waals surface area (Å²) in [5.74, 6) is -3.55. The molecule has 0 aliphatic carbocycles. The lowest BCUT2D eigenvalue weighted by Crippen LogP contribution is -2.51. The highest BCUT2D eigenvalue weighted by molar-refractivity contribution is 5.97.